The molecule has 41 heavy (non-hydrogen) atoms. The Labute approximate surface area is 268 Å². The molecule has 0 radical (unpaired) electrons. The van der Waals surface area contributed by atoms with Gasteiger partial charge < -0.3 is 5.11 Å². The molecule has 0 saturated heterocycles. The van der Waals surface area contributed by atoms with E-state index in [1.807, 2.05) is 0 Å². The number of carboxylic acids is 1. The minimum absolute atomic E-state index is 0.344. The van der Waals surface area contributed by atoms with E-state index in [-0.39, 0.29) is 0 Å². The Morgan fingerprint density at radius 1 is 0.341 bits per heavy atom. The monoisotopic (exact) mass is 612 g/mol. The topological polar surface area (TPSA) is 37.3 Å². The zero-order chi connectivity index (χ0) is 29.9. The molecule has 0 saturated carbocycles. The summed E-state index contributed by atoms with van der Waals surface area (Å²) in [6.45, 7) is 0. The fraction of sp³-hybridized carbons (Fsp3) is 0.946. The average molecular weight is 613 g/mol. The summed E-state index contributed by atoms with van der Waals surface area (Å²) >= 11 is 9.20. The van der Waals surface area contributed by atoms with E-state index in [0.717, 1.165) is 23.5 Å². The van der Waals surface area contributed by atoms with E-state index in [2.05, 4.69) is 12.6 Å². The van der Waals surface area contributed by atoms with E-state index in [1.165, 1.54) is 199 Å². The van der Waals surface area contributed by atoms with Gasteiger partial charge in [0.25, 0.3) is 0 Å². The Balaban J connectivity index is 3.04. The predicted molar refractivity (Wildman–Crippen MR) is 191 cm³/mol. The summed E-state index contributed by atoms with van der Waals surface area (Å²) in [6.07, 6.45) is 47.2. The lowest BCUT2D eigenvalue weighted by Crippen LogP contribution is -1.93. The minimum Gasteiger partial charge on any atom is -0.481 e. The van der Waals surface area contributed by atoms with Gasteiger partial charge in [0.15, 0.2) is 0 Å². The number of thiocarbonyl (C=S) groups is 1. The van der Waals surface area contributed by atoms with Crippen molar-refractivity contribution in [1.29, 1.82) is 0 Å². The Morgan fingerprint density at radius 2 is 0.488 bits per heavy atom. The molecule has 0 fully saturated rings. The third kappa shape index (κ3) is 39.9. The second-order valence-corrected chi connectivity index (χ2v) is 14.3. The molecule has 0 atom stereocenters. The van der Waals surface area contributed by atoms with Gasteiger partial charge >= 0.3 is 5.97 Å². The number of aliphatic carboxylic acids is 1. The summed E-state index contributed by atoms with van der Waals surface area (Å²) in [5, 5.41) is 8.64. The molecule has 0 aromatic rings. The van der Waals surface area contributed by atoms with Crippen LogP contribution >= 0.6 is 24.8 Å². The molecule has 244 valence electrons. The lowest BCUT2D eigenvalue weighted by molar-refractivity contribution is -0.137. The van der Waals surface area contributed by atoms with Crippen LogP contribution in [-0.4, -0.2) is 15.3 Å². The number of hydrogen-bond acceptors (Lipinski definition) is 2. The van der Waals surface area contributed by atoms with Gasteiger partial charge in [0.1, 0.15) is 0 Å². The minimum atomic E-state index is -0.650. The molecule has 0 aromatic heterocycles. The van der Waals surface area contributed by atoms with Gasteiger partial charge in [-0.2, -0.15) is 0 Å². The van der Waals surface area contributed by atoms with E-state index in [0.29, 0.717) is 6.42 Å². The standard InChI is InChI=1S/C37H72O2S2/c38-36(39)34-32-30-28-26-24-22-20-18-16-14-12-10-8-6-4-2-1-3-5-7-9-11-13-15-17-19-21-23-25-27-29-31-33-35-37(40)41/h1-35H2,(H,38,39)(H,40,41). The summed E-state index contributed by atoms with van der Waals surface area (Å²) in [4.78, 5) is 10.5. The Kier molecular flexibility index (Phi) is 36.0. The van der Waals surface area contributed by atoms with Crippen molar-refractivity contribution in [2.45, 2.75) is 225 Å². The van der Waals surface area contributed by atoms with Crippen molar-refractivity contribution >= 4 is 35.0 Å². The van der Waals surface area contributed by atoms with Crippen LogP contribution in [0.2, 0.25) is 0 Å². The van der Waals surface area contributed by atoms with Crippen LogP contribution in [-0.2, 0) is 4.79 Å². The van der Waals surface area contributed by atoms with Gasteiger partial charge in [0.05, 0.1) is 0 Å². The molecule has 0 spiro atoms. The maximum Gasteiger partial charge on any atom is 0.303 e. The maximum absolute atomic E-state index is 10.5. The van der Waals surface area contributed by atoms with E-state index < -0.39 is 5.97 Å². The molecule has 0 amide bonds. The first-order valence-electron chi connectivity index (χ1n) is 18.6. The second kappa shape index (κ2) is 36.1. The Morgan fingerprint density at radius 3 is 0.634 bits per heavy atom. The molecular weight excluding hydrogens is 541 g/mol. The molecule has 0 aliphatic rings. The van der Waals surface area contributed by atoms with E-state index >= 15 is 0 Å². The molecule has 0 aliphatic carbocycles. The van der Waals surface area contributed by atoms with Crippen molar-refractivity contribution in [2.75, 3.05) is 0 Å². The summed E-state index contributed by atoms with van der Waals surface area (Å²) in [5.41, 5.74) is 0. The normalized spacial score (nSPS) is 11.3. The number of carboxylic acid groups (broad SMARTS) is 1. The third-order valence-electron chi connectivity index (χ3n) is 8.78. The lowest BCUT2D eigenvalue weighted by Gasteiger charge is -2.05. The van der Waals surface area contributed by atoms with Crippen molar-refractivity contribution in [3.05, 3.63) is 0 Å². The highest BCUT2D eigenvalue weighted by Gasteiger charge is 1.99. The van der Waals surface area contributed by atoms with Crippen LogP contribution in [0.5, 0.6) is 0 Å². The fourth-order valence-corrected chi connectivity index (χ4v) is 6.33. The number of unbranched alkanes of at least 4 members (excludes halogenated alkanes) is 32. The highest BCUT2D eigenvalue weighted by atomic mass is 32.1. The molecular formula is C37H72O2S2. The number of rotatable bonds is 36. The summed E-state index contributed by atoms with van der Waals surface area (Å²) in [6, 6.07) is 0. The molecule has 2 nitrogen and oxygen atoms in total. The van der Waals surface area contributed by atoms with Gasteiger partial charge in [-0.05, 0) is 19.3 Å². The fourth-order valence-electron chi connectivity index (χ4n) is 6.03. The quantitative estimate of drug-likeness (QED) is 0.0420. The van der Waals surface area contributed by atoms with Crippen LogP contribution in [0, 0.1) is 0 Å². The number of thiol groups is 1. The molecule has 0 heterocycles. The maximum atomic E-state index is 10.5. The molecule has 0 aliphatic heterocycles. The molecule has 0 rings (SSSR count). The van der Waals surface area contributed by atoms with Gasteiger partial charge in [-0.3, -0.25) is 4.79 Å². The van der Waals surface area contributed by atoms with Gasteiger partial charge in [0, 0.05) is 10.6 Å². The Bertz CT molecular complexity index is 491. The SMILES string of the molecule is O=C(O)CCCCCCCCCCCCCCCCCCCCCCCCCCCCCCCCCCCC(=S)S. The lowest BCUT2D eigenvalue weighted by atomic mass is 10.0. The van der Waals surface area contributed by atoms with Crippen LogP contribution in [0.3, 0.4) is 0 Å². The predicted octanol–water partition coefficient (Wildman–Crippen LogP) is 14.0. The first-order valence-corrected chi connectivity index (χ1v) is 19.4. The first kappa shape index (κ1) is 40.9. The van der Waals surface area contributed by atoms with Crippen LogP contribution in [0.4, 0.5) is 0 Å². The molecule has 0 bridgehead atoms. The molecule has 1 N–H and O–H groups in total. The van der Waals surface area contributed by atoms with E-state index in [9.17, 15) is 4.79 Å². The third-order valence-corrected chi connectivity index (χ3v) is 9.21. The van der Waals surface area contributed by atoms with Gasteiger partial charge in [-0.15, -0.1) is 12.6 Å². The smallest absolute Gasteiger partial charge is 0.303 e. The Hall–Kier alpha value is -0.0900. The van der Waals surface area contributed by atoms with Crippen LogP contribution in [0.25, 0.3) is 0 Å². The first-order chi connectivity index (χ1) is 20.1. The van der Waals surface area contributed by atoms with Gasteiger partial charge in [-0.25, -0.2) is 0 Å². The van der Waals surface area contributed by atoms with E-state index in [1.54, 1.807) is 0 Å². The average Bonchev–Trinajstić information content (AvgIpc) is 2.94. The largest absolute Gasteiger partial charge is 0.481 e. The van der Waals surface area contributed by atoms with Crippen LogP contribution in [0.15, 0.2) is 0 Å². The summed E-state index contributed by atoms with van der Waals surface area (Å²) < 4.78 is 0.874. The molecule has 4 heteroatoms. The molecule has 0 aromatic carbocycles. The zero-order valence-electron chi connectivity index (χ0n) is 27.5. The van der Waals surface area contributed by atoms with Crippen molar-refractivity contribution in [3.63, 3.8) is 0 Å². The van der Waals surface area contributed by atoms with Crippen LogP contribution in [0.1, 0.15) is 225 Å². The summed E-state index contributed by atoms with van der Waals surface area (Å²) in [5.74, 6) is -0.650. The van der Waals surface area contributed by atoms with Crippen molar-refractivity contribution in [1.82, 2.24) is 0 Å². The molecule has 0 unspecified atom stereocenters. The highest BCUT2D eigenvalue weighted by Crippen LogP contribution is 2.17. The van der Waals surface area contributed by atoms with Gasteiger partial charge in [0.2, 0.25) is 0 Å². The highest BCUT2D eigenvalue weighted by molar-refractivity contribution is 8.11. The number of carbonyl (C=O) groups is 1. The van der Waals surface area contributed by atoms with Crippen LogP contribution < -0.4 is 0 Å². The van der Waals surface area contributed by atoms with Crippen molar-refractivity contribution in [2.24, 2.45) is 0 Å². The number of hydrogen-bond donors (Lipinski definition) is 2. The van der Waals surface area contributed by atoms with Crippen molar-refractivity contribution < 1.29 is 9.90 Å². The second-order valence-electron chi connectivity index (χ2n) is 13.0. The van der Waals surface area contributed by atoms with Gasteiger partial charge in [-0.1, -0.05) is 211 Å². The zero-order valence-corrected chi connectivity index (χ0v) is 29.2. The van der Waals surface area contributed by atoms with Crippen molar-refractivity contribution in [3.8, 4) is 0 Å². The van der Waals surface area contributed by atoms with E-state index in [4.69, 9.17) is 17.3 Å². The summed E-state index contributed by atoms with van der Waals surface area (Å²) in [7, 11) is 0.